The normalized spacial score (nSPS) is 11.3. The van der Waals surface area contributed by atoms with Crippen molar-refractivity contribution in [3.8, 4) is 0 Å². The molecule has 0 atom stereocenters. The molecule has 0 aliphatic carbocycles. The molecule has 0 amide bonds. The summed E-state index contributed by atoms with van der Waals surface area (Å²) in [4.78, 5) is 5.88. The van der Waals surface area contributed by atoms with Gasteiger partial charge in [0, 0.05) is 13.1 Å². The van der Waals surface area contributed by atoms with Crippen LogP contribution in [0.15, 0.2) is 24.3 Å². The van der Waals surface area contributed by atoms with Crippen LogP contribution < -0.4 is 10.6 Å². The van der Waals surface area contributed by atoms with Crippen LogP contribution in [0.4, 0.5) is 13.9 Å². The Hall–Kier alpha value is -1.27. The highest BCUT2D eigenvalue weighted by Crippen LogP contribution is 2.28. The number of aromatic nitrogens is 1. The standard InChI is InChI=1S/C11H13F2N3S/c12-10(13)7-16(6-5-14)11-15-8-3-1-2-4-9(8)17-11/h1-4,10H,5-7,14H2. The predicted molar refractivity (Wildman–Crippen MR) is 66.9 cm³/mol. The molecule has 1 aromatic carbocycles. The van der Waals surface area contributed by atoms with Crippen LogP contribution in [0, 0.1) is 0 Å². The molecule has 1 aromatic heterocycles. The zero-order valence-corrected chi connectivity index (χ0v) is 9.96. The van der Waals surface area contributed by atoms with E-state index in [4.69, 9.17) is 5.73 Å². The first-order valence-corrected chi connectivity index (χ1v) is 6.11. The van der Waals surface area contributed by atoms with Crippen LogP contribution in [0.1, 0.15) is 0 Å². The van der Waals surface area contributed by atoms with Crippen molar-refractivity contribution < 1.29 is 8.78 Å². The Balaban J connectivity index is 2.27. The summed E-state index contributed by atoms with van der Waals surface area (Å²) in [5, 5.41) is 0.608. The van der Waals surface area contributed by atoms with Gasteiger partial charge in [-0.3, -0.25) is 0 Å². The summed E-state index contributed by atoms with van der Waals surface area (Å²) in [6.45, 7) is 0.407. The zero-order valence-electron chi connectivity index (χ0n) is 9.14. The van der Waals surface area contributed by atoms with Gasteiger partial charge in [-0.15, -0.1) is 0 Å². The number of fused-ring (bicyclic) bond motifs is 1. The number of anilines is 1. The fourth-order valence-corrected chi connectivity index (χ4v) is 2.58. The molecule has 0 aliphatic rings. The van der Waals surface area contributed by atoms with Crippen molar-refractivity contribution in [2.75, 3.05) is 24.5 Å². The quantitative estimate of drug-likeness (QED) is 0.894. The minimum Gasteiger partial charge on any atom is -0.341 e. The van der Waals surface area contributed by atoms with Crippen LogP contribution in [0.25, 0.3) is 10.2 Å². The lowest BCUT2D eigenvalue weighted by Gasteiger charge is -2.19. The largest absolute Gasteiger partial charge is 0.341 e. The molecule has 2 N–H and O–H groups in total. The zero-order chi connectivity index (χ0) is 12.3. The number of para-hydroxylation sites is 1. The number of hydrogen-bond donors (Lipinski definition) is 1. The fourth-order valence-electron chi connectivity index (χ4n) is 1.58. The van der Waals surface area contributed by atoms with E-state index in [0.717, 1.165) is 10.2 Å². The second-order valence-corrected chi connectivity index (χ2v) is 4.60. The molecule has 3 nitrogen and oxygen atoms in total. The highest BCUT2D eigenvalue weighted by Gasteiger charge is 2.15. The number of nitrogens with two attached hydrogens (primary N) is 1. The summed E-state index contributed by atoms with van der Waals surface area (Å²) in [5.74, 6) is 0. The molecule has 0 unspecified atom stereocenters. The van der Waals surface area contributed by atoms with Crippen LogP contribution in [-0.2, 0) is 0 Å². The molecule has 0 spiro atoms. The maximum absolute atomic E-state index is 12.4. The smallest absolute Gasteiger partial charge is 0.255 e. The Kier molecular flexibility index (Phi) is 3.86. The van der Waals surface area contributed by atoms with Crippen molar-refractivity contribution >= 4 is 26.7 Å². The van der Waals surface area contributed by atoms with Crippen molar-refractivity contribution in [3.63, 3.8) is 0 Å². The van der Waals surface area contributed by atoms with Crippen molar-refractivity contribution in [1.82, 2.24) is 4.98 Å². The summed E-state index contributed by atoms with van der Waals surface area (Å²) < 4.78 is 25.9. The van der Waals surface area contributed by atoms with E-state index in [0.29, 0.717) is 18.2 Å². The van der Waals surface area contributed by atoms with Crippen LogP contribution in [0.5, 0.6) is 0 Å². The molecule has 2 aromatic rings. The third-order valence-electron chi connectivity index (χ3n) is 2.31. The molecule has 6 heteroatoms. The number of alkyl halides is 2. The lowest BCUT2D eigenvalue weighted by molar-refractivity contribution is 0.155. The minimum absolute atomic E-state index is 0.322. The SMILES string of the molecule is NCCN(CC(F)F)c1nc2ccccc2s1. The van der Waals surface area contributed by atoms with Gasteiger partial charge in [-0.2, -0.15) is 0 Å². The van der Waals surface area contributed by atoms with E-state index in [2.05, 4.69) is 4.98 Å². The van der Waals surface area contributed by atoms with Gasteiger partial charge >= 0.3 is 0 Å². The molecule has 0 radical (unpaired) electrons. The van der Waals surface area contributed by atoms with Crippen molar-refractivity contribution in [2.24, 2.45) is 5.73 Å². The Bertz CT molecular complexity index is 453. The number of nitrogens with zero attached hydrogens (tertiary/aromatic N) is 2. The average Bonchev–Trinajstić information content (AvgIpc) is 2.71. The summed E-state index contributed by atoms with van der Waals surface area (Å²) >= 11 is 1.41. The third-order valence-corrected chi connectivity index (χ3v) is 3.41. The number of benzene rings is 1. The summed E-state index contributed by atoms with van der Waals surface area (Å²) in [5.41, 5.74) is 6.26. The molecule has 2 rings (SSSR count). The van der Waals surface area contributed by atoms with Crippen molar-refractivity contribution in [2.45, 2.75) is 6.43 Å². The molecule has 0 saturated heterocycles. The summed E-state index contributed by atoms with van der Waals surface area (Å²) in [7, 11) is 0. The van der Waals surface area contributed by atoms with E-state index in [-0.39, 0.29) is 6.54 Å². The lowest BCUT2D eigenvalue weighted by atomic mass is 10.3. The van der Waals surface area contributed by atoms with E-state index < -0.39 is 6.43 Å². The molecular formula is C11H13F2N3S. The van der Waals surface area contributed by atoms with Crippen LogP contribution in [-0.4, -0.2) is 31.0 Å². The monoisotopic (exact) mass is 257 g/mol. The van der Waals surface area contributed by atoms with Gasteiger partial charge in [0.05, 0.1) is 16.8 Å². The number of hydrogen-bond acceptors (Lipinski definition) is 4. The maximum atomic E-state index is 12.4. The molecule has 0 saturated carbocycles. The van der Waals surface area contributed by atoms with E-state index >= 15 is 0 Å². The molecule has 17 heavy (non-hydrogen) atoms. The lowest BCUT2D eigenvalue weighted by Crippen LogP contribution is -2.33. The van der Waals surface area contributed by atoms with Crippen molar-refractivity contribution in [1.29, 1.82) is 0 Å². The Morgan fingerprint density at radius 1 is 1.35 bits per heavy atom. The highest BCUT2D eigenvalue weighted by molar-refractivity contribution is 7.22. The molecule has 0 aliphatic heterocycles. The Morgan fingerprint density at radius 3 is 2.76 bits per heavy atom. The van der Waals surface area contributed by atoms with Crippen LogP contribution >= 0.6 is 11.3 Å². The second kappa shape index (κ2) is 5.37. The second-order valence-electron chi connectivity index (χ2n) is 3.59. The Morgan fingerprint density at radius 2 is 2.12 bits per heavy atom. The Labute approximate surface area is 102 Å². The third kappa shape index (κ3) is 2.89. The van der Waals surface area contributed by atoms with Crippen LogP contribution in [0.2, 0.25) is 0 Å². The average molecular weight is 257 g/mol. The van der Waals surface area contributed by atoms with Crippen LogP contribution in [0.3, 0.4) is 0 Å². The fraction of sp³-hybridized carbons (Fsp3) is 0.364. The molecule has 92 valence electrons. The summed E-state index contributed by atoms with van der Waals surface area (Å²) in [6.07, 6.45) is -2.38. The summed E-state index contributed by atoms with van der Waals surface area (Å²) in [6, 6.07) is 7.59. The first-order chi connectivity index (χ1) is 8.20. The first-order valence-electron chi connectivity index (χ1n) is 5.29. The van der Waals surface area contributed by atoms with Gasteiger partial charge in [0.15, 0.2) is 5.13 Å². The molecule has 1 heterocycles. The van der Waals surface area contributed by atoms with Crippen molar-refractivity contribution in [3.05, 3.63) is 24.3 Å². The number of thiazole rings is 1. The van der Waals surface area contributed by atoms with E-state index in [1.165, 1.54) is 16.2 Å². The number of halogens is 2. The number of rotatable bonds is 5. The molecular weight excluding hydrogens is 244 g/mol. The van der Waals surface area contributed by atoms with E-state index in [1.807, 2.05) is 24.3 Å². The molecule has 0 bridgehead atoms. The maximum Gasteiger partial charge on any atom is 0.255 e. The minimum atomic E-state index is -2.38. The van der Waals surface area contributed by atoms with E-state index in [1.54, 1.807) is 0 Å². The highest BCUT2D eigenvalue weighted by atomic mass is 32.1. The van der Waals surface area contributed by atoms with Gasteiger partial charge < -0.3 is 10.6 Å². The van der Waals surface area contributed by atoms with Gasteiger partial charge in [-0.25, -0.2) is 13.8 Å². The van der Waals surface area contributed by atoms with Gasteiger partial charge in [0.2, 0.25) is 0 Å². The topological polar surface area (TPSA) is 42.1 Å². The van der Waals surface area contributed by atoms with Gasteiger partial charge in [0.25, 0.3) is 6.43 Å². The van der Waals surface area contributed by atoms with Gasteiger partial charge in [-0.1, -0.05) is 23.5 Å². The first kappa shape index (κ1) is 12.2. The predicted octanol–water partition coefficient (Wildman–Crippen LogP) is 2.33. The van der Waals surface area contributed by atoms with E-state index in [9.17, 15) is 8.78 Å². The van der Waals surface area contributed by atoms with Gasteiger partial charge in [0.1, 0.15) is 0 Å². The van der Waals surface area contributed by atoms with Gasteiger partial charge in [-0.05, 0) is 12.1 Å². The molecule has 0 fully saturated rings.